The third-order valence-corrected chi connectivity index (χ3v) is 3.69. The minimum Gasteiger partial charge on any atom is -0.446 e. The van der Waals surface area contributed by atoms with Crippen LogP contribution in [0.3, 0.4) is 0 Å². The number of furan rings is 1. The van der Waals surface area contributed by atoms with Crippen molar-refractivity contribution >= 4 is 21.7 Å². The fraction of sp³-hybridized carbons (Fsp3) is 0.0556. The van der Waals surface area contributed by atoms with Crippen LogP contribution in [0.25, 0.3) is 0 Å². The van der Waals surface area contributed by atoms with Crippen LogP contribution >= 0.6 is 15.9 Å². The fourth-order valence-electron chi connectivity index (χ4n) is 2.18. The van der Waals surface area contributed by atoms with Gasteiger partial charge < -0.3 is 4.42 Å². The predicted molar refractivity (Wildman–Crippen MR) is 85.5 cm³/mol. The number of benzene rings is 2. The maximum atomic E-state index is 12.2. The molecule has 0 aliphatic heterocycles. The highest BCUT2D eigenvalue weighted by Gasteiger charge is 2.12. The normalized spacial score (nSPS) is 10.5. The summed E-state index contributed by atoms with van der Waals surface area (Å²) in [6, 6.07) is 21.3. The highest BCUT2D eigenvalue weighted by atomic mass is 79.9. The summed E-state index contributed by atoms with van der Waals surface area (Å²) in [7, 11) is 0. The third kappa shape index (κ3) is 3.31. The molecule has 3 rings (SSSR count). The average molecular weight is 341 g/mol. The van der Waals surface area contributed by atoms with Crippen molar-refractivity contribution in [3.63, 3.8) is 0 Å². The van der Waals surface area contributed by atoms with Gasteiger partial charge in [0.1, 0.15) is 0 Å². The summed E-state index contributed by atoms with van der Waals surface area (Å²) in [5, 5.41) is 0. The van der Waals surface area contributed by atoms with Crippen LogP contribution in [-0.2, 0) is 6.42 Å². The SMILES string of the molecule is O=C(c1ccc(Cc2ccccc2)cc1)c1ccc(Br)o1. The summed E-state index contributed by atoms with van der Waals surface area (Å²) in [6.07, 6.45) is 0.863. The molecule has 0 atom stereocenters. The van der Waals surface area contributed by atoms with E-state index < -0.39 is 0 Å². The Balaban J connectivity index is 1.76. The first-order valence-corrected chi connectivity index (χ1v) is 7.44. The van der Waals surface area contributed by atoms with Crippen molar-refractivity contribution in [1.82, 2.24) is 0 Å². The van der Waals surface area contributed by atoms with Crippen LogP contribution in [0.2, 0.25) is 0 Å². The Kier molecular flexibility index (Phi) is 4.02. The lowest BCUT2D eigenvalue weighted by molar-refractivity contribution is 0.101. The summed E-state index contributed by atoms with van der Waals surface area (Å²) >= 11 is 3.20. The molecule has 0 unspecified atom stereocenters. The Bertz CT molecular complexity index is 742. The van der Waals surface area contributed by atoms with Gasteiger partial charge in [-0.3, -0.25) is 4.79 Å². The first-order valence-electron chi connectivity index (χ1n) is 6.65. The Morgan fingerprint density at radius 2 is 1.52 bits per heavy atom. The van der Waals surface area contributed by atoms with Crippen LogP contribution in [0.1, 0.15) is 27.2 Å². The molecule has 2 nitrogen and oxygen atoms in total. The Morgan fingerprint density at radius 1 is 0.857 bits per heavy atom. The van der Waals surface area contributed by atoms with E-state index in [9.17, 15) is 4.79 Å². The molecule has 0 N–H and O–H groups in total. The number of halogens is 1. The van der Waals surface area contributed by atoms with Crippen molar-refractivity contribution in [3.8, 4) is 0 Å². The second kappa shape index (κ2) is 6.10. The Morgan fingerprint density at radius 3 is 2.14 bits per heavy atom. The Hall–Kier alpha value is -2.13. The first kappa shape index (κ1) is 13.8. The van der Waals surface area contributed by atoms with Gasteiger partial charge in [0.15, 0.2) is 10.4 Å². The molecule has 0 aliphatic rings. The summed E-state index contributed by atoms with van der Waals surface area (Å²) in [4.78, 5) is 12.2. The maximum absolute atomic E-state index is 12.2. The largest absolute Gasteiger partial charge is 0.446 e. The van der Waals surface area contributed by atoms with E-state index in [1.54, 1.807) is 12.1 Å². The van der Waals surface area contributed by atoms with Crippen LogP contribution in [0.15, 0.2) is 75.8 Å². The standard InChI is InChI=1S/C18H13BrO2/c19-17-11-10-16(21-17)18(20)15-8-6-14(7-9-15)12-13-4-2-1-3-5-13/h1-11H,12H2. The smallest absolute Gasteiger partial charge is 0.228 e. The van der Waals surface area contributed by atoms with Crippen LogP contribution in [0, 0.1) is 0 Å². The van der Waals surface area contributed by atoms with Crippen LogP contribution in [0.4, 0.5) is 0 Å². The van der Waals surface area contributed by atoms with E-state index in [1.807, 2.05) is 42.5 Å². The molecule has 0 saturated carbocycles. The van der Waals surface area contributed by atoms with E-state index in [0.717, 1.165) is 6.42 Å². The lowest BCUT2D eigenvalue weighted by Crippen LogP contribution is -1.99. The lowest BCUT2D eigenvalue weighted by Gasteiger charge is -2.03. The number of carbonyl (C=O) groups excluding carboxylic acids is 1. The molecule has 2 aromatic carbocycles. The average Bonchev–Trinajstić information content (AvgIpc) is 2.95. The van der Waals surface area contributed by atoms with Gasteiger partial charge in [-0.25, -0.2) is 0 Å². The number of hydrogen-bond donors (Lipinski definition) is 0. The molecule has 0 bridgehead atoms. The molecule has 0 amide bonds. The molecule has 0 saturated heterocycles. The van der Waals surface area contributed by atoms with Crippen molar-refractivity contribution in [3.05, 3.63) is 93.9 Å². The van der Waals surface area contributed by atoms with Gasteiger partial charge >= 0.3 is 0 Å². The van der Waals surface area contributed by atoms with Crippen molar-refractivity contribution < 1.29 is 9.21 Å². The number of ketones is 1. The molecule has 104 valence electrons. The van der Waals surface area contributed by atoms with E-state index in [-0.39, 0.29) is 5.78 Å². The molecule has 3 aromatic rings. The molecule has 3 heteroatoms. The zero-order valence-electron chi connectivity index (χ0n) is 11.3. The third-order valence-electron chi connectivity index (χ3n) is 3.26. The maximum Gasteiger partial charge on any atom is 0.228 e. The zero-order valence-corrected chi connectivity index (χ0v) is 12.8. The van der Waals surface area contributed by atoms with Crippen LogP contribution < -0.4 is 0 Å². The molecule has 0 spiro atoms. The molecule has 0 aliphatic carbocycles. The Labute approximate surface area is 131 Å². The quantitative estimate of drug-likeness (QED) is 0.634. The molecule has 0 radical (unpaired) electrons. The highest BCUT2D eigenvalue weighted by Crippen LogP contribution is 2.18. The van der Waals surface area contributed by atoms with Gasteiger partial charge in [0.25, 0.3) is 0 Å². The highest BCUT2D eigenvalue weighted by molar-refractivity contribution is 9.10. The van der Waals surface area contributed by atoms with Gasteiger partial charge in [0.05, 0.1) is 0 Å². The van der Waals surface area contributed by atoms with Crippen LogP contribution in [0.5, 0.6) is 0 Å². The van der Waals surface area contributed by atoms with E-state index in [2.05, 4.69) is 28.1 Å². The summed E-state index contributed by atoms with van der Waals surface area (Å²) in [5.41, 5.74) is 3.07. The minimum atomic E-state index is -0.105. The summed E-state index contributed by atoms with van der Waals surface area (Å²) in [5.74, 6) is 0.240. The molecular weight excluding hydrogens is 328 g/mol. The topological polar surface area (TPSA) is 30.2 Å². The monoisotopic (exact) mass is 340 g/mol. The molecule has 0 fully saturated rings. The fourth-order valence-corrected chi connectivity index (χ4v) is 2.49. The van der Waals surface area contributed by atoms with E-state index >= 15 is 0 Å². The van der Waals surface area contributed by atoms with E-state index in [0.29, 0.717) is 16.0 Å². The number of carbonyl (C=O) groups is 1. The van der Waals surface area contributed by atoms with Crippen LogP contribution in [-0.4, -0.2) is 5.78 Å². The molecule has 1 heterocycles. The van der Waals surface area contributed by atoms with Gasteiger partial charge in [0.2, 0.25) is 5.78 Å². The molecule has 21 heavy (non-hydrogen) atoms. The van der Waals surface area contributed by atoms with Crippen molar-refractivity contribution in [1.29, 1.82) is 0 Å². The summed E-state index contributed by atoms with van der Waals surface area (Å²) in [6.45, 7) is 0. The lowest BCUT2D eigenvalue weighted by atomic mass is 10.0. The van der Waals surface area contributed by atoms with Crippen molar-refractivity contribution in [2.24, 2.45) is 0 Å². The minimum absolute atomic E-state index is 0.105. The van der Waals surface area contributed by atoms with E-state index in [4.69, 9.17) is 4.42 Å². The first-order chi connectivity index (χ1) is 10.2. The van der Waals surface area contributed by atoms with Crippen molar-refractivity contribution in [2.75, 3.05) is 0 Å². The van der Waals surface area contributed by atoms with Gasteiger partial charge in [-0.15, -0.1) is 0 Å². The second-order valence-corrected chi connectivity index (χ2v) is 5.57. The summed E-state index contributed by atoms with van der Waals surface area (Å²) < 4.78 is 5.85. The zero-order chi connectivity index (χ0) is 14.7. The van der Waals surface area contributed by atoms with Gasteiger partial charge in [-0.05, 0) is 45.6 Å². The number of rotatable bonds is 4. The van der Waals surface area contributed by atoms with Gasteiger partial charge in [0, 0.05) is 5.56 Å². The predicted octanol–water partition coefficient (Wildman–Crippen LogP) is 4.86. The van der Waals surface area contributed by atoms with E-state index in [1.165, 1.54) is 11.1 Å². The van der Waals surface area contributed by atoms with Gasteiger partial charge in [-0.2, -0.15) is 0 Å². The second-order valence-electron chi connectivity index (χ2n) is 4.79. The number of hydrogen-bond acceptors (Lipinski definition) is 2. The molecular formula is C18H13BrO2. The van der Waals surface area contributed by atoms with Crippen molar-refractivity contribution in [2.45, 2.75) is 6.42 Å². The molecule has 1 aromatic heterocycles. The van der Waals surface area contributed by atoms with Gasteiger partial charge in [-0.1, -0.05) is 54.6 Å².